The lowest BCUT2D eigenvalue weighted by Gasteiger charge is -2.11. The molecule has 3 nitrogen and oxygen atoms in total. The topological polar surface area (TPSA) is 49.3 Å². The fourth-order valence-corrected chi connectivity index (χ4v) is 2.97. The smallest absolute Gasteiger partial charge is 0.335 e. The van der Waals surface area contributed by atoms with Crippen LogP contribution in [0.25, 0.3) is 0 Å². The molecule has 0 aromatic heterocycles. The number of halogens is 3. The summed E-state index contributed by atoms with van der Waals surface area (Å²) in [5, 5.41) is 12.0. The summed E-state index contributed by atoms with van der Waals surface area (Å²) >= 11 is 6.79. The van der Waals surface area contributed by atoms with Crippen LogP contribution < -0.4 is 5.32 Å². The van der Waals surface area contributed by atoms with E-state index in [1.165, 1.54) is 12.1 Å². The predicted octanol–water partition coefficient (Wildman–Crippen LogP) is 4.66. The molecular weight excluding hydrogens is 393 g/mol. The van der Waals surface area contributed by atoms with E-state index < -0.39 is 11.8 Å². The molecule has 0 saturated heterocycles. The molecule has 0 unspecified atom stereocenters. The van der Waals surface area contributed by atoms with E-state index in [0.717, 1.165) is 20.7 Å². The van der Waals surface area contributed by atoms with Crippen molar-refractivity contribution in [2.45, 2.75) is 6.54 Å². The summed E-state index contributed by atoms with van der Waals surface area (Å²) in [6, 6.07) is 9.32. The largest absolute Gasteiger partial charge is 0.478 e. The molecule has 2 N–H and O–H groups in total. The minimum absolute atomic E-state index is 0.0643. The van der Waals surface area contributed by atoms with E-state index >= 15 is 0 Å². The molecule has 6 heteroatoms. The maximum atomic E-state index is 13.7. The number of nitrogens with one attached hydrogen (secondary N) is 1. The first-order valence-electron chi connectivity index (χ1n) is 5.68. The Bertz CT molecular complexity index is 641. The van der Waals surface area contributed by atoms with E-state index in [0.29, 0.717) is 5.56 Å². The van der Waals surface area contributed by atoms with E-state index in [9.17, 15) is 9.18 Å². The number of hydrogen-bond acceptors (Lipinski definition) is 2. The summed E-state index contributed by atoms with van der Waals surface area (Å²) in [5.41, 5.74) is 1.15. The third kappa shape index (κ3) is 3.37. The number of aromatic carboxylic acids is 1. The Morgan fingerprint density at radius 3 is 2.45 bits per heavy atom. The van der Waals surface area contributed by atoms with Gasteiger partial charge in [-0.25, -0.2) is 9.18 Å². The van der Waals surface area contributed by atoms with Crippen LogP contribution in [-0.4, -0.2) is 11.1 Å². The SMILES string of the molecule is O=C(O)c1ccc(F)c(CNc2c(Br)cccc2Br)c1. The molecule has 0 aliphatic heterocycles. The summed E-state index contributed by atoms with van der Waals surface area (Å²) in [6.45, 7) is 0.189. The van der Waals surface area contributed by atoms with Crippen molar-refractivity contribution in [1.29, 1.82) is 0 Å². The molecule has 0 saturated carbocycles. The molecule has 0 radical (unpaired) electrons. The van der Waals surface area contributed by atoms with Gasteiger partial charge in [0.15, 0.2) is 0 Å². The molecule has 20 heavy (non-hydrogen) atoms. The number of hydrogen-bond donors (Lipinski definition) is 2. The van der Waals surface area contributed by atoms with Gasteiger partial charge >= 0.3 is 5.97 Å². The van der Waals surface area contributed by atoms with Crippen molar-refractivity contribution in [3.05, 3.63) is 62.3 Å². The van der Waals surface area contributed by atoms with Crippen molar-refractivity contribution in [3.8, 4) is 0 Å². The lowest BCUT2D eigenvalue weighted by atomic mass is 10.1. The number of rotatable bonds is 4. The average Bonchev–Trinajstić information content (AvgIpc) is 2.39. The molecule has 0 aliphatic carbocycles. The summed E-state index contributed by atoms with van der Waals surface area (Å²) in [4.78, 5) is 10.9. The van der Waals surface area contributed by atoms with Gasteiger partial charge in [-0.1, -0.05) is 6.07 Å². The van der Waals surface area contributed by atoms with Gasteiger partial charge in [-0.2, -0.15) is 0 Å². The van der Waals surface area contributed by atoms with Crippen LogP contribution in [0.3, 0.4) is 0 Å². The van der Waals surface area contributed by atoms with Gasteiger partial charge in [0, 0.05) is 21.1 Å². The molecule has 0 amide bonds. The van der Waals surface area contributed by atoms with E-state index in [1.807, 2.05) is 18.2 Å². The molecule has 2 aromatic rings. The van der Waals surface area contributed by atoms with Gasteiger partial charge < -0.3 is 10.4 Å². The third-order valence-corrected chi connectivity index (χ3v) is 4.03. The fraction of sp³-hybridized carbons (Fsp3) is 0.0714. The van der Waals surface area contributed by atoms with Crippen LogP contribution >= 0.6 is 31.9 Å². The molecular formula is C14H10Br2FNO2. The first kappa shape index (κ1) is 15.0. The van der Waals surface area contributed by atoms with Crippen LogP contribution in [0.5, 0.6) is 0 Å². The van der Waals surface area contributed by atoms with Crippen molar-refractivity contribution >= 4 is 43.5 Å². The number of carboxylic acid groups (broad SMARTS) is 1. The van der Waals surface area contributed by atoms with Gasteiger partial charge in [0.05, 0.1) is 11.3 Å². The van der Waals surface area contributed by atoms with Crippen molar-refractivity contribution in [2.75, 3.05) is 5.32 Å². The zero-order valence-electron chi connectivity index (χ0n) is 10.2. The minimum Gasteiger partial charge on any atom is -0.478 e. The summed E-state index contributed by atoms with van der Waals surface area (Å²) < 4.78 is 15.4. The Balaban J connectivity index is 2.23. The first-order chi connectivity index (χ1) is 9.49. The lowest BCUT2D eigenvalue weighted by molar-refractivity contribution is 0.0696. The molecule has 0 fully saturated rings. The van der Waals surface area contributed by atoms with Gasteiger partial charge in [-0.15, -0.1) is 0 Å². The van der Waals surface area contributed by atoms with Gasteiger partial charge in [0.25, 0.3) is 0 Å². The van der Waals surface area contributed by atoms with Crippen molar-refractivity contribution in [2.24, 2.45) is 0 Å². The molecule has 104 valence electrons. The van der Waals surface area contributed by atoms with Crippen LogP contribution in [0.2, 0.25) is 0 Å². The van der Waals surface area contributed by atoms with E-state index in [1.54, 1.807) is 0 Å². The second-order valence-electron chi connectivity index (χ2n) is 4.06. The first-order valence-corrected chi connectivity index (χ1v) is 7.27. The minimum atomic E-state index is -1.08. The summed E-state index contributed by atoms with van der Waals surface area (Å²) in [6.07, 6.45) is 0. The fourth-order valence-electron chi connectivity index (χ4n) is 1.69. The van der Waals surface area contributed by atoms with Gasteiger partial charge in [0.2, 0.25) is 0 Å². The van der Waals surface area contributed by atoms with Crippen molar-refractivity contribution in [1.82, 2.24) is 0 Å². The second kappa shape index (κ2) is 6.37. The molecule has 0 spiro atoms. The Hall–Kier alpha value is -1.40. The van der Waals surface area contributed by atoms with E-state index in [2.05, 4.69) is 37.2 Å². The van der Waals surface area contributed by atoms with Crippen molar-refractivity contribution in [3.63, 3.8) is 0 Å². The highest BCUT2D eigenvalue weighted by molar-refractivity contribution is 9.11. The van der Waals surface area contributed by atoms with Crippen molar-refractivity contribution < 1.29 is 14.3 Å². The normalized spacial score (nSPS) is 10.3. The number of para-hydroxylation sites is 1. The number of carbonyl (C=O) groups is 1. The second-order valence-corrected chi connectivity index (χ2v) is 5.77. The maximum Gasteiger partial charge on any atom is 0.335 e. The monoisotopic (exact) mass is 401 g/mol. The molecule has 2 rings (SSSR count). The quantitative estimate of drug-likeness (QED) is 0.781. The Labute approximate surface area is 132 Å². The number of anilines is 1. The zero-order valence-corrected chi connectivity index (χ0v) is 13.3. The third-order valence-electron chi connectivity index (χ3n) is 2.71. The molecule has 0 heterocycles. The molecule has 0 atom stereocenters. The predicted molar refractivity (Wildman–Crippen MR) is 82.5 cm³/mol. The van der Waals surface area contributed by atoms with Crippen LogP contribution in [0.4, 0.5) is 10.1 Å². The highest BCUT2D eigenvalue weighted by Gasteiger charge is 2.10. The van der Waals surface area contributed by atoms with Gasteiger partial charge in [-0.3, -0.25) is 0 Å². The summed E-state index contributed by atoms with van der Waals surface area (Å²) in [5.74, 6) is -1.51. The average molecular weight is 403 g/mol. The van der Waals surface area contributed by atoms with Gasteiger partial charge in [-0.05, 0) is 62.2 Å². The molecule has 0 aliphatic rings. The molecule has 2 aromatic carbocycles. The van der Waals surface area contributed by atoms with Crippen LogP contribution in [0.1, 0.15) is 15.9 Å². The number of benzene rings is 2. The highest BCUT2D eigenvalue weighted by atomic mass is 79.9. The number of carboxylic acids is 1. The molecule has 0 bridgehead atoms. The highest BCUT2D eigenvalue weighted by Crippen LogP contribution is 2.31. The van der Waals surface area contributed by atoms with Crippen LogP contribution in [-0.2, 0) is 6.54 Å². The lowest BCUT2D eigenvalue weighted by Crippen LogP contribution is -2.05. The maximum absolute atomic E-state index is 13.7. The Morgan fingerprint density at radius 1 is 1.20 bits per heavy atom. The Morgan fingerprint density at radius 2 is 1.85 bits per heavy atom. The zero-order chi connectivity index (χ0) is 14.7. The van der Waals surface area contributed by atoms with Crippen LogP contribution in [0, 0.1) is 5.82 Å². The van der Waals surface area contributed by atoms with E-state index in [-0.39, 0.29) is 12.1 Å². The van der Waals surface area contributed by atoms with E-state index in [4.69, 9.17) is 5.11 Å². The van der Waals surface area contributed by atoms with Gasteiger partial charge in [0.1, 0.15) is 5.82 Å². The standard InChI is InChI=1S/C14H10Br2FNO2/c15-10-2-1-3-11(16)13(10)18-7-9-6-8(14(19)20)4-5-12(9)17/h1-6,18H,7H2,(H,19,20). The summed E-state index contributed by atoms with van der Waals surface area (Å²) in [7, 11) is 0. The Kier molecular flexibility index (Phi) is 4.77. The van der Waals surface area contributed by atoms with Crippen LogP contribution in [0.15, 0.2) is 45.3 Å².